The van der Waals surface area contributed by atoms with Gasteiger partial charge in [-0.2, -0.15) is 0 Å². The topological polar surface area (TPSA) is 12.0 Å². The molecular weight excluding hydrogens is 276 g/mol. The molecule has 0 saturated carbocycles. The predicted molar refractivity (Wildman–Crippen MR) is 81.0 cm³/mol. The third-order valence-corrected chi connectivity index (χ3v) is 4.45. The van der Waals surface area contributed by atoms with Crippen molar-refractivity contribution < 1.29 is 8.78 Å². The minimum atomic E-state index is -0.804. The van der Waals surface area contributed by atoms with E-state index < -0.39 is 11.6 Å². The van der Waals surface area contributed by atoms with Crippen molar-refractivity contribution in [2.24, 2.45) is 0 Å². The molecule has 0 radical (unpaired) electrons. The molecule has 1 heterocycles. The van der Waals surface area contributed by atoms with Gasteiger partial charge < -0.3 is 5.32 Å². The molecular formula is C16H19F2NS. The van der Waals surface area contributed by atoms with E-state index in [0.29, 0.717) is 6.04 Å². The van der Waals surface area contributed by atoms with E-state index >= 15 is 0 Å². The molecule has 1 unspecified atom stereocenters. The summed E-state index contributed by atoms with van der Waals surface area (Å²) in [5.74, 6) is -1.60. The Kier molecular flexibility index (Phi) is 5.26. The van der Waals surface area contributed by atoms with Crippen LogP contribution in [0.3, 0.4) is 0 Å². The molecule has 0 amide bonds. The molecule has 0 bridgehead atoms. The van der Waals surface area contributed by atoms with Crippen LogP contribution in [0.15, 0.2) is 30.3 Å². The van der Waals surface area contributed by atoms with Gasteiger partial charge >= 0.3 is 0 Å². The molecule has 1 aromatic carbocycles. The van der Waals surface area contributed by atoms with Crippen LogP contribution < -0.4 is 5.32 Å². The second kappa shape index (κ2) is 6.95. The lowest BCUT2D eigenvalue weighted by Gasteiger charge is -2.15. The quantitative estimate of drug-likeness (QED) is 0.777. The third kappa shape index (κ3) is 3.44. The molecule has 20 heavy (non-hydrogen) atoms. The van der Waals surface area contributed by atoms with E-state index in [4.69, 9.17) is 0 Å². The van der Waals surface area contributed by atoms with Gasteiger partial charge in [-0.25, -0.2) is 8.78 Å². The van der Waals surface area contributed by atoms with E-state index in [-0.39, 0.29) is 0 Å². The first-order chi connectivity index (χ1) is 9.65. The Labute approximate surface area is 122 Å². The van der Waals surface area contributed by atoms with Crippen LogP contribution in [0.1, 0.15) is 37.6 Å². The van der Waals surface area contributed by atoms with Gasteiger partial charge in [-0.3, -0.25) is 0 Å². The molecule has 0 fully saturated rings. The second-order valence-corrected chi connectivity index (χ2v) is 5.85. The van der Waals surface area contributed by atoms with E-state index in [1.54, 1.807) is 17.4 Å². The molecule has 4 heteroatoms. The van der Waals surface area contributed by atoms with Crippen LogP contribution >= 0.6 is 11.3 Å². The Balaban J connectivity index is 2.24. The van der Waals surface area contributed by atoms with Gasteiger partial charge in [0.25, 0.3) is 0 Å². The van der Waals surface area contributed by atoms with Crippen LogP contribution in [0.2, 0.25) is 0 Å². The third-order valence-electron chi connectivity index (χ3n) is 3.20. The molecule has 2 aromatic rings. The summed E-state index contributed by atoms with van der Waals surface area (Å²) in [7, 11) is 0. The SMILES string of the molecule is CCCC(NCC)c1ccc(-c2ccc(F)c(F)c2)s1. The summed E-state index contributed by atoms with van der Waals surface area (Å²) in [4.78, 5) is 2.21. The van der Waals surface area contributed by atoms with E-state index in [9.17, 15) is 8.78 Å². The number of benzene rings is 1. The highest BCUT2D eigenvalue weighted by atomic mass is 32.1. The molecule has 1 atom stereocenters. The van der Waals surface area contributed by atoms with Crippen molar-refractivity contribution in [3.8, 4) is 10.4 Å². The first-order valence-electron chi connectivity index (χ1n) is 6.94. The average Bonchev–Trinajstić information content (AvgIpc) is 2.91. The lowest BCUT2D eigenvalue weighted by molar-refractivity contribution is 0.509. The number of halogens is 2. The standard InChI is InChI=1S/C16H19F2NS/c1-3-5-14(19-4-2)16-9-8-15(20-16)11-6-7-12(17)13(18)10-11/h6-10,14,19H,3-5H2,1-2H3. The fourth-order valence-electron chi connectivity index (χ4n) is 2.22. The summed E-state index contributed by atoms with van der Waals surface area (Å²) >= 11 is 1.64. The number of thiophene rings is 1. The molecule has 0 aliphatic heterocycles. The van der Waals surface area contributed by atoms with Crippen molar-refractivity contribution in [1.29, 1.82) is 0 Å². The molecule has 1 N–H and O–H groups in total. The van der Waals surface area contributed by atoms with Gasteiger partial charge in [0.05, 0.1) is 0 Å². The van der Waals surface area contributed by atoms with Crippen LogP contribution in [0.5, 0.6) is 0 Å². The molecule has 108 valence electrons. The summed E-state index contributed by atoms with van der Waals surface area (Å²) in [6, 6.07) is 8.45. The molecule has 0 aliphatic rings. The fraction of sp³-hybridized carbons (Fsp3) is 0.375. The number of hydrogen-bond donors (Lipinski definition) is 1. The Morgan fingerprint density at radius 3 is 2.55 bits per heavy atom. The van der Waals surface area contributed by atoms with Crippen LogP contribution in [0, 0.1) is 11.6 Å². The van der Waals surface area contributed by atoms with Crippen molar-refractivity contribution in [3.05, 3.63) is 46.8 Å². The first kappa shape index (κ1) is 15.1. The van der Waals surface area contributed by atoms with Gasteiger partial charge in [0.1, 0.15) is 0 Å². The Hall–Kier alpha value is -1.26. The predicted octanol–water partition coefficient (Wildman–Crippen LogP) is 5.14. The largest absolute Gasteiger partial charge is 0.310 e. The summed E-state index contributed by atoms with van der Waals surface area (Å²) < 4.78 is 26.3. The summed E-state index contributed by atoms with van der Waals surface area (Å²) in [5.41, 5.74) is 0.729. The van der Waals surface area contributed by atoms with Gasteiger partial charge in [-0.15, -0.1) is 11.3 Å². The van der Waals surface area contributed by atoms with E-state index in [0.717, 1.165) is 29.8 Å². The Bertz CT molecular complexity index is 559. The van der Waals surface area contributed by atoms with Gasteiger partial charge in [-0.1, -0.05) is 26.3 Å². The van der Waals surface area contributed by atoms with Crippen LogP contribution in [0.4, 0.5) is 8.78 Å². The van der Waals surface area contributed by atoms with Gasteiger partial charge in [0.15, 0.2) is 11.6 Å². The average molecular weight is 295 g/mol. The van der Waals surface area contributed by atoms with Crippen LogP contribution in [-0.2, 0) is 0 Å². The molecule has 0 saturated heterocycles. The normalized spacial score (nSPS) is 12.6. The van der Waals surface area contributed by atoms with Crippen LogP contribution in [0.25, 0.3) is 10.4 Å². The maximum absolute atomic E-state index is 13.3. The minimum absolute atomic E-state index is 0.342. The highest BCUT2D eigenvalue weighted by molar-refractivity contribution is 7.15. The maximum atomic E-state index is 13.3. The van der Waals surface area contributed by atoms with Gasteiger partial charge in [0, 0.05) is 15.8 Å². The zero-order chi connectivity index (χ0) is 14.5. The van der Waals surface area contributed by atoms with E-state index in [1.807, 2.05) is 6.07 Å². The lowest BCUT2D eigenvalue weighted by atomic mass is 10.1. The van der Waals surface area contributed by atoms with E-state index in [2.05, 4.69) is 25.2 Å². The van der Waals surface area contributed by atoms with Gasteiger partial charge in [0.2, 0.25) is 0 Å². The summed E-state index contributed by atoms with van der Waals surface area (Å²) in [5, 5.41) is 3.46. The molecule has 2 rings (SSSR count). The van der Waals surface area contributed by atoms with Crippen LogP contribution in [-0.4, -0.2) is 6.54 Å². The Morgan fingerprint density at radius 1 is 1.10 bits per heavy atom. The fourth-order valence-corrected chi connectivity index (χ4v) is 3.34. The molecule has 1 nitrogen and oxygen atoms in total. The van der Waals surface area contributed by atoms with Crippen molar-refractivity contribution in [3.63, 3.8) is 0 Å². The summed E-state index contributed by atoms with van der Waals surface area (Å²) in [6.45, 7) is 5.17. The van der Waals surface area contributed by atoms with Crippen molar-refractivity contribution in [2.75, 3.05) is 6.54 Å². The highest BCUT2D eigenvalue weighted by Crippen LogP contribution is 2.33. The molecule has 0 spiro atoms. The smallest absolute Gasteiger partial charge is 0.159 e. The minimum Gasteiger partial charge on any atom is -0.310 e. The first-order valence-corrected chi connectivity index (χ1v) is 7.75. The van der Waals surface area contributed by atoms with Gasteiger partial charge in [-0.05, 0) is 42.8 Å². The van der Waals surface area contributed by atoms with Crippen molar-refractivity contribution in [1.82, 2.24) is 5.32 Å². The number of nitrogens with one attached hydrogen (secondary N) is 1. The maximum Gasteiger partial charge on any atom is 0.159 e. The zero-order valence-electron chi connectivity index (χ0n) is 11.7. The lowest BCUT2D eigenvalue weighted by Crippen LogP contribution is -2.19. The number of rotatable bonds is 6. The van der Waals surface area contributed by atoms with Crippen molar-refractivity contribution in [2.45, 2.75) is 32.7 Å². The van der Waals surface area contributed by atoms with Crippen molar-refractivity contribution >= 4 is 11.3 Å². The monoisotopic (exact) mass is 295 g/mol. The molecule has 1 aromatic heterocycles. The Morgan fingerprint density at radius 2 is 1.90 bits per heavy atom. The van der Waals surface area contributed by atoms with E-state index in [1.165, 1.54) is 17.0 Å². The highest BCUT2D eigenvalue weighted by Gasteiger charge is 2.13. The molecule has 0 aliphatic carbocycles. The number of hydrogen-bond acceptors (Lipinski definition) is 2. The second-order valence-electron chi connectivity index (χ2n) is 4.73. The summed E-state index contributed by atoms with van der Waals surface area (Å²) in [6.07, 6.45) is 2.18. The zero-order valence-corrected chi connectivity index (χ0v) is 12.6.